The normalized spacial score (nSPS) is 12.6. The number of hydrogen-bond donors (Lipinski definition) is 1. The SMILES string of the molecule is Cc1noc(C)c1C(C)Nc1nn2cc(-c3ccc(F)cc3)nc2s1. The predicted octanol–water partition coefficient (Wildman–Crippen LogP) is 4.37. The summed E-state index contributed by atoms with van der Waals surface area (Å²) in [5.41, 5.74) is 3.54. The molecule has 128 valence electrons. The Morgan fingerprint density at radius 1 is 1.24 bits per heavy atom. The molecule has 0 fully saturated rings. The van der Waals surface area contributed by atoms with Gasteiger partial charge in [-0.1, -0.05) is 16.5 Å². The van der Waals surface area contributed by atoms with Gasteiger partial charge < -0.3 is 9.84 Å². The summed E-state index contributed by atoms with van der Waals surface area (Å²) in [6.45, 7) is 5.87. The predicted molar refractivity (Wildman–Crippen MR) is 94.3 cm³/mol. The number of hydrogen-bond acceptors (Lipinski definition) is 6. The number of aromatic nitrogens is 4. The van der Waals surface area contributed by atoms with Crippen molar-refractivity contribution in [2.45, 2.75) is 26.8 Å². The highest BCUT2D eigenvalue weighted by Gasteiger charge is 2.18. The number of benzene rings is 1. The summed E-state index contributed by atoms with van der Waals surface area (Å²) < 4.78 is 20.0. The largest absolute Gasteiger partial charge is 0.361 e. The molecule has 1 unspecified atom stereocenters. The van der Waals surface area contributed by atoms with E-state index in [0.717, 1.165) is 38.4 Å². The Hall–Kier alpha value is -2.74. The number of nitrogens with zero attached hydrogens (tertiary/aromatic N) is 4. The lowest BCUT2D eigenvalue weighted by Gasteiger charge is -2.11. The molecule has 8 heteroatoms. The fourth-order valence-corrected chi connectivity index (χ4v) is 3.75. The molecule has 0 radical (unpaired) electrons. The summed E-state index contributed by atoms with van der Waals surface area (Å²) in [5, 5.41) is 12.6. The Balaban J connectivity index is 1.58. The van der Waals surface area contributed by atoms with Gasteiger partial charge >= 0.3 is 0 Å². The third-order valence-electron chi connectivity index (χ3n) is 4.04. The first-order valence-corrected chi connectivity index (χ1v) is 8.64. The van der Waals surface area contributed by atoms with Crippen molar-refractivity contribution in [3.8, 4) is 11.3 Å². The smallest absolute Gasteiger partial charge is 0.214 e. The summed E-state index contributed by atoms with van der Waals surface area (Å²) in [6, 6.07) is 6.29. The van der Waals surface area contributed by atoms with Crippen molar-refractivity contribution in [3.05, 3.63) is 53.3 Å². The van der Waals surface area contributed by atoms with Gasteiger partial charge in [0, 0.05) is 11.1 Å². The molecular formula is C17H16FN5OS. The molecule has 6 nitrogen and oxygen atoms in total. The van der Waals surface area contributed by atoms with Gasteiger partial charge in [-0.05, 0) is 45.0 Å². The van der Waals surface area contributed by atoms with E-state index in [0.29, 0.717) is 0 Å². The monoisotopic (exact) mass is 357 g/mol. The fraction of sp³-hybridized carbons (Fsp3) is 0.235. The van der Waals surface area contributed by atoms with Crippen LogP contribution in [0.4, 0.5) is 9.52 Å². The van der Waals surface area contributed by atoms with Crippen molar-refractivity contribution < 1.29 is 8.91 Å². The van der Waals surface area contributed by atoms with Crippen molar-refractivity contribution in [1.29, 1.82) is 0 Å². The zero-order valence-electron chi connectivity index (χ0n) is 13.9. The highest BCUT2D eigenvalue weighted by Crippen LogP contribution is 2.29. The minimum atomic E-state index is -0.261. The van der Waals surface area contributed by atoms with Crippen LogP contribution in [-0.2, 0) is 0 Å². The number of aryl methyl sites for hydroxylation is 2. The number of halogens is 1. The van der Waals surface area contributed by atoms with Crippen molar-refractivity contribution >= 4 is 21.4 Å². The van der Waals surface area contributed by atoms with E-state index in [1.54, 1.807) is 16.6 Å². The Bertz CT molecular complexity index is 982. The van der Waals surface area contributed by atoms with Gasteiger partial charge in [-0.15, -0.1) is 5.10 Å². The molecule has 1 aromatic carbocycles. The number of rotatable bonds is 4. The Labute approximate surface area is 147 Å². The van der Waals surface area contributed by atoms with Gasteiger partial charge in [0.05, 0.1) is 23.6 Å². The molecular weight excluding hydrogens is 341 g/mol. The first-order valence-electron chi connectivity index (χ1n) is 7.82. The van der Waals surface area contributed by atoms with Gasteiger partial charge in [0.2, 0.25) is 10.1 Å². The molecule has 0 aliphatic heterocycles. The van der Waals surface area contributed by atoms with Crippen LogP contribution >= 0.6 is 11.3 Å². The lowest BCUT2D eigenvalue weighted by atomic mass is 10.1. The summed E-state index contributed by atoms with van der Waals surface area (Å²) in [6.07, 6.45) is 1.84. The van der Waals surface area contributed by atoms with Crippen LogP contribution in [0, 0.1) is 19.7 Å². The maximum atomic E-state index is 13.0. The zero-order chi connectivity index (χ0) is 17.6. The third kappa shape index (κ3) is 2.89. The first-order chi connectivity index (χ1) is 12.0. The van der Waals surface area contributed by atoms with Gasteiger partial charge in [-0.25, -0.2) is 13.9 Å². The molecule has 25 heavy (non-hydrogen) atoms. The molecule has 0 aliphatic rings. The maximum absolute atomic E-state index is 13.0. The summed E-state index contributed by atoms with van der Waals surface area (Å²) in [4.78, 5) is 5.34. The van der Waals surface area contributed by atoms with Crippen LogP contribution < -0.4 is 5.32 Å². The van der Waals surface area contributed by atoms with Crippen molar-refractivity contribution in [2.75, 3.05) is 5.32 Å². The van der Waals surface area contributed by atoms with Gasteiger partial charge in [0.15, 0.2) is 0 Å². The van der Waals surface area contributed by atoms with Crippen LogP contribution in [0.1, 0.15) is 30.0 Å². The van der Waals surface area contributed by atoms with Gasteiger partial charge in [0.1, 0.15) is 11.6 Å². The molecule has 1 atom stereocenters. The lowest BCUT2D eigenvalue weighted by molar-refractivity contribution is 0.392. The van der Waals surface area contributed by atoms with Crippen molar-refractivity contribution in [3.63, 3.8) is 0 Å². The van der Waals surface area contributed by atoms with E-state index in [-0.39, 0.29) is 11.9 Å². The van der Waals surface area contributed by atoms with E-state index in [4.69, 9.17) is 4.52 Å². The average molecular weight is 357 g/mol. The number of fused-ring (bicyclic) bond motifs is 1. The summed E-state index contributed by atoms with van der Waals surface area (Å²) >= 11 is 1.46. The van der Waals surface area contributed by atoms with Crippen LogP contribution in [-0.4, -0.2) is 19.8 Å². The molecule has 0 saturated carbocycles. The third-order valence-corrected chi connectivity index (χ3v) is 4.90. The maximum Gasteiger partial charge on any atom is 0.214 e. The molecule has 3 heterocycles. The summed E-state index contributed by atoms with van der Waals surface area (Å²) in [5.74, 6) is 0.542. The Morgan fingerprint density at radius 3 is 2.64 bits per heavy atom. The second kappa shape index (κ2) is 5.96. The molecule has 0 spiro atoms. The van der Waals surface area contributed by atoms with Crippen molar-refractivity contribution in [1.82, 2.24) is 19.8 Å². The Morgan fingerprint density at radius 2 is 2.00 bits per heavy atom. The highest BCUT2D eigenvalue weighted by molar-refractivity contribution is 7.20. The molecule has 0 amide bonds. The van der Waals surface area contributed by atoms with Gasteiger partial charge in [-0.2, -0.15) is 0 Å². The number of imidazole rings is 1. The van der Waals surface area contributed by atoms with E-state index in [1.807, 2.05) is 27.0 Å². The topological polar surface area (TPSA) is 68.2 Å². The molecule has 1 N–H and O–H groups in total. The van der Waals surface area contributed by atoms with Crippen LogP contribution in [0.15, 0.2) is 35.0 Å². The van der Waals surface area contributed by atoms with E-state index in [2.05, 4.69) is 20.6 Å². The zero-order valence-corrected chi connectivity index (χ0v) is 14.8. The lowest BCUT2D eigenvalue weighted by Crippen LogP contribution is -2.08. The number of anilines is 1. The molecule has 0 aliphatic carbocycles. The van der Waals surface area contributed by atoms with Gasteiger partial charge in [0.25, 0.3) is 0 Å². The molecule has 0 bridgehead atoms. The Kier molecular flexibility index (Phi) is 3.76. The average Bonchev–Trinajstić information content (AvgIpc) is 3.21. The van der Waals surface area contributed by atoms with Crippen LogP contribution in [0.25, 0.3) is 16.2 Å². The van der Waals surface area contributed by atoms with E-state index < -0.39 is 0 Å². The van der Waals surface area contributed by atoms with E-state index >= 15 is 0 Å². The molecule has 4 aromatic rings. The highest BCUT2D eigenvalue weighted by atomic mass is 32.1. The number of nitrogens with one attached hydrogen (secondary N) is 1. The molecule has 4 rings (SSSR count). The minimum Gasteiger partial charge on any atom is -0.361 e. The van der Waals surface area contributed by atoms with E-state index in [9.17, 15) is 4.39 Å². The minimum absolute atomic E-state index is 0.0266. The second-order valence-corrected chi connectivity index (χ2v) is 6.83. The fourth-order valence-electron chi connectivity index (χ4n) is 2.88. The van der Waals surface area contributed by atoms with Crippen LogP contribution in [0.3, 0.4) is 0 Å². The van der Waals surface area contributed by atoms with Crippen molar-refractivity contribution in [2.24, 2.45) is 0 Å². The molecule has 3 aromatic heterocycles. The van der Waals surface area contributed by atoms with E-state index in [1.165, 1.54) is 23.5 Å². The standard InChI is InChI=1S/C17H16FN5OS/c1-9(15-10(2)22-24-11(15)3)19-16-21-23-8-14(20-17(23)25-16)12-4-6-13(18)7-5-12/h4-9H,1-3H3,(H,19,21). The van der Waals surface area contributed by atoms with Crippen LogP contribution in [0.2, 0.25) is 0 Å². The summed E-state index contributed by atoms with van der Waals surface area (Å²) in [7, 11) is 0. The first kappa shape index (κ1) is 15.8. The van der Waals surface area contributed by atoms with Gasteiger partial charge in [-0.3, -0.25) is 0 Å². The quantitative estimate of drug-likeness (QED) is 0.587. The second-order valence-electron chi connectivity index (χ2n) is 5.87. The molecule has 0 saturated heterocycles. The van der Waals surface area contributed by atoms with Crippen LogP contribution in [0.5, 0.6) is 0 Å².